The van der Waals surface area contributed by atoms with Crippen molar-refractivity contribution in [3.05, 3.63) is 0 Å². The number of aliphatic hydroxyl groups is 1. The van der Waals surface area contributed by atoms with Gasteiger partial charge >= 0.3 is 12.0 Å². The normalized spacial score (nSPS) is 29.3. The molecule has 2 heterocycles. The molecule has 0 aromatic heterocycles. The molecule has 2 amide bonds. The number of amides is 2. The Morgan fingerprint density at radius 2 is 1.94 bits per heavy atom. The van der Waals surface area contributed by atoms with Crippen molar-refractivity contribution in [3.8, 4) is 0 Å². The van der Waals surface area contributed by atoms with Crippen molar-refractivity contribution in [2.24, 2.45) is 0 Å². The Kier molecular flexibility index (Phi) is 4.03. The first-order chi connectivity index (χ1) is 8.58. The van der Waals surface area contributed by atoms with Crippen LogP contribution in [0.3, 0.4) is 0 Å². The van der Waals surface area contributed by atoms with Crippen molar-refractivity contribution < 1.29 is 24.5 Å². The molecule has 3 N–H and O–H groups in total. The smallest absolute Gasteiger partial charge is 0.326 e. The number of carbonyl (C=O) groups excluding carboxylic acids is 1. The third-order valence-electron chi connectivity index (χ3n) is 3.37. The number of β-amino-alcohol motifs (C(OH)–C–C–N with tert-alkyl or cyclic N) is 1. The zero-order valence-corrected chi connectivity index (χ0v) is 10.0. The molecule has 0 unspecified atom stereocenters. The van der Waals surface area contributed by atoms with Crippen molar-refractivity contribution >= 4 is 12.0 Å². The average molecular weight is 258 g/mol. The van der Waals surface area contributed by atoms with Crippen LogP contribution in [0.2, 0.25) is 0 Å². The summed E-state index contributed by atoms with van der Waals surface area (Å²) in [5, 5.41) is 21.3. The van der Waals surface area contributed by atoms with Crippen LogP contribution in [0.25, 0.3) is 0 Å². The van der Waals surface area contributed by atoms with Gasteiger partial charge in [-0.25, -0.2) is 9.59 Å². The molecular formula is C11H18N2O5. The van der Waals surface area contributed by atoms with E-state index in [4.69, 9.17) is 9.84 Å². The van der Waals surface area contributed by atoms with E-state index in [9.17, 15) is 14.7 Å². The van der Waals surface area contributed by atoms with Crippen LogP contribution in [0.15, 0.2) is 0 Å². The molecule has 2 aliphatic heterocycles. The Hall–Kier alpha value is -1.34. The van der Waals surface area contributed by atoms with Gasteiger partial charge in [-0.1, -0.05) is 0 Å². The van der Waals surface area contributed by atoms with E-state index in [1.807, 2.05) is 0 Å². The molecule has 18 heavy (non-hydrogen) atoms. The first kappa shape index (κ1) is 13.1. The van der Waals surface area contributed by atoms with Gasteiger partial charge in [-0.2, -0.15) is 0 Å². The number of urea groups is 1. The molecule has 7 heteroatoms. The highest BCUT2D eigenvalue weighted by molar-refractivity contribution is 5.83. The molecule has 2 fully saturated rings. The Balaban J connectivity index is 1.92. The summed E-state index contributed by atoms with van der Waals surface area (Å²) in [6, 6.07) is -1.32. The van der Waals surface area contributed by atoms with E-state index in [1.165, 1.54) is 4.90 Å². The fourth-order valence-electron chi connectivity index (χ4n) is 2.37. The summed E-state index contributed by atoms with van der Waals surface area (Å²) in [5.74, 6) is -1.08. The SMILES string of the molecule is O=C(O)[C@H]1C[C@@H](O)CN1C(=O)NC1CCOCC1. The van der Waals surface area contributed by atoms with Crippen molar-refractivity contribution in [1.29, 1.82) is 0 Å². The minimum Gasteiger partial charge on any atom is -0.480 e. The molecule has 102 valence electrons. The van der Waals surface area contributed by atoms with Crippen LogP contribution >= 0.6 is 0 Å². The number of ether oxygens (including phenoxy) is 1. The van der Waals surface area contributed by atoms with Crippen LogP contribution in [0.1, 0.15) is 19.3 Å². The summed E-state index contributed by atoms with van der Waals surface area (Å²) in [6.45, 7) is 1.29. The van der Waals surface area contributed by atoms with Gasteiger partial charge in [0.1, 0.15) is 6.04 Å². The maximum Gasteiger partial charge on any atom is 0.326 e. The molecule has 0 aliphatic carbocycles. The van der Waals surface area contributed by atoms with Gasteiger partial charge in [0.05, 0.1) is 6.10 Å². The number of nitrogens with one attached hydrogen (secondary N) is 1. The van der Waals surface area contributed by atoms with Gasteiger partial charge in [0, 0.05) is 32.2 Å². The van der Waals surface area contributed by atoms with Crippen LogP contribution < -0.4 is 5.32 Å². The number of carbonyl (C=O) groups is 2. The van der Waals surface area contributed by atoms with E-state index in [0.29, 0.717) is 13.2 Å². The lowest BCUT2D eigenvalue weighted by atomic mass is 10.1. The highest BCUT2D eigenvalue weighted by Gasteiger charge is 2.39. The number of carboxylic acid groups (broad SMARTS) is 1. The number of carboxylic acids is 1. The zero-order valence-electron chi connectivity index (χ0n) is 10.0. The molecule has 2 atom stereocenters. The summed E-state index contributed by atoms with van der Waals surface area (Å²) in [5.41, 5.74) is 0. The largest absolute Gasteiger partial charge is 0.480 e. The minimum absolute atomic E-state index is 0.0263. The number of rotatable bonds is 2. The standard InChI is InChI=1S/C11H18N2O5/c14-8-5-9(10(15)16)13(6-8)11(17)12-7-1-3-18-4-2-7/h7-9,14H,1-6H2,(H,12,17)(H,15,16)/t8-,9-/m1/s1. The molecule has 0 bridgehead atoms. The fraction of sp³-hybridized carbons (Fsp3) is 0.818. The second-order valence-electron chi connectivity index (χ2n) is 4.73. The highest BCUT2D eigenvalue weighted by Crippen LogP contribution is 2.19. The summed E-state index contributed by atoms with van der Waals surface area (Å²) >= 11 is 0. The molecule has 7 nitrogen and oxygen atoms in total. The van der Waals surface area contributed by atoms with Gasteiger partial charge in [0.25, 0.3) is 0 Å². The van der Waals surface area contributed by atoms with Crippen LogP contribution in [-0.4, -0.2) is 65.1 Å². The molecule has 0 radical (unpaired) electrons. The predicted octanol–water partition coefficient (Wildman–Crippen LogP) is -0.605. The quantitative estimate of drug-likeness (QED) is 0.614. The molecule has 2 aliphatic rings. The van der Waals surface area contributed by atoms with Crippen molar-refractivity contribution in [1.82, 2.24) is 10.2 Å². The van der Waals surface area contributed by atoms with E-state index in [0.717, 1.165) is 12.8 Å². The first-order valence-corrected chi connectivity index (χ1v) is 6.13. The molecule has 0 aromatic rings. The Morgan fingerprint density at radius 3 is 2.56 bits per heavy atom. The summed E-state index contributed by atoms with van der Waals surface area (Å²) in [7, 11) is 0. The number of aliphatic hydroxyl groups excluding tert-OH is 1. The van der Waals surface area contributed by atoms with Crippen LogP contribution in [0, 0.1) is 0 Å². The molecule has 2 rings (SSSR count). The van der Waals surface area contributed by atoms with E-state index >= 15 is 0 Å². The van der Waals surface area contributed by atoms with E-state index in [2.05, 4.69) is 5.32 Å². The fourth-order valence-corrected chi connectivity index (χ4v) is 2.37. The van der Waals surface area contributed by atoms with Crippen LogP contribution in [0.4, 0.5) is 4.79 Å². The van der Waals surface area contributed by atoms with E-state index in [-0.39, 0.29) is 19.0 Å². The molecule has 2 saturated heterocycles. The Bertz CT molecular complexity index is 329. The highest BCUT2D eigenvalue weighted by atomic mass is 16.5. The van der Waals surface area contributed by atoms with Crippen molar-refractivity contribution in [2.45, 2.75) is 37.5 Å². The zero-order chi connectivity index (χ0) is 13.1. The lowest BCUT2D eigenvalue weighted by Crippen LogP contribution is -2.50. The van der Waals surface area contributed by atoms with Gasteiger partial charge in [-0.05, 0) is 12.8 Å². The average Bonchev–Trinajstić information content (AvgIpc) is 2.73. The van der Waals surface area contributed by atoms with E-state index < -0.39 is 24.1 Å². The monoisotopic (exact) mass is 258 g/mol. The third kappa shape index (κ3) is 2.91. The van der Waals surface area contributed by atoms with Crippen molar-refractivity contribution in [2.75, 3.05) is 19.8 Å². The number of likely N-dealkylation sites (tertiary alicyclic amines) is 1. The molecule has 0 spiro atoms. The lowest BCUT2D eigenvalue weighted by molar-refractivity contribution is -0.141. The van der Waals surface area contributed by atoms with Gasteiger partial charge in [-0.15, -0.1) is 0 Å². The van der Waals surface area contributed by atoms with Gasteiger partial charge in [0.2, 0.25) is 0 Å². The summed E-state index contributed by atoms with van der Waals surface area (Å²) < 4.78 is 5.18. The number of nitrogens with zero attached hydrogens (tertiary/aromatic N) is 1. The second-order valence-corrected chi connectivity index (χ2v) is 4.73. The predicted molar refractivity (Wildman–Crippen MR) is 61.1 cm³/mol. The summed E-state index contributed by atoms with van der Waals surface area (Å²) in [6.07, 6.45) is 0.808. The molecule has 0 aromatic carbocycles. The lowest BCUT2D eigenvalue weighted by Gasteiger charge is -2.27. The van der Waals surface area contributed by atoms with E-state index in [1.54, 1.807) is 0 Å². The Labute approximate surface area is 105 Å². The van der Waals surface area contributed by atoms with Gasteiger partial charge < -0.3 is 25.2 Å². The first-order valence-electron chi connectivity index (χ1n) is 6.13. The van der Waals surface area contributed by atoms with Gasteiger partial charge in [0.15, 0.2) is 0 Å². The van der Waals surface area contributed by atoms with Crippen molar-refractivity contribution in [3.63, 3.8) is 0 Å². The number of hydrogen-bond acceptors (Lipinski definition) is 4. The van der Waals surface area contributed by atoms with Gasteiger partial charge in [-0.3, -0.25) is 0 Å². The van der Waals surface area contributed by atoms with Crippen LogP contribution in [-0.2, 0) is 9.53 Å². The molecule has 0 saturated carbocycles. The topological polar surface area (TPSA) is 99.1 Å². The minimum atomic E-state index is -1.08. The third-order valence-corrected chi connectivity index (χ3v) is 3.37. The maximum absolute atomic E-state index is 12.0. The maximum atomic E-state index is 12.0. The number of hydrogen-bond donors (Lipinski definition) is 3. The summed E-state index contributed by atoms with van der Waals surface area (Å²) in [4.78, 5) is 24.2. The van der Waals surface area contributed by atoms with Crippen LogP contribution in [0.5, 0.6) is 0 Å². The molecular weight excluding hydrogens is 240 g/mol. The second kappa shape index (κ2) is 5.53. The Morgan fingerprint density at radius 1 is 1.28 bits per heavy atom. The number of aliphatic carboxylic acids is 1.